The third-order valence-electron chi connectivity index (χ3n) is 2.95. The first-order chi connectivity index (χ1) is 10.5. The van der Waals surface area contributed by atoms with Gasteiger partial charge >= 0.3 is 6.18 Å². The Bertz CT molecular complexity index is 639. The van der Waals surface area contributed by atoms with Gasteiger partial charge in [0.2, 0.25) is 0 Å². The summed E-state index contributed by atoms with van der Waals surface area (Å²) in [5.41, 5.74) is 5.93. The van der Waals surface area contributed by atoms with Crippen LogP contribution in [-0.2, 0) is 24.0 Å². The average molecular weight is 308 g/mol. The van der Waals surface area contributed by atoms with E-state index in [1.807, 2.05) is 30.3 Å². The number of amidine groups is 1. The van der Waals surface area contributed by atoms with Crippen LogP contribution in [0, 0.1) is 0 Å². The van der Waals surface area contributed by atoms with Gasteiger partial charge in [-0.05, 0) is 11.6 Å². The van der Waals surface area contributed by atoms with Gasteiger partial charge in [0.05, 0.1) is 5.56 Å². The summed E-state index contributed by atoms with van der Waals surface area (Å²) in [6, 6.07) is 14.6. The van der Waals surface area contributed by atoms with Crippen molar-refractivity contribution in [1.29, 1.82) is 0 Å². The number of hydrogen-bond donors (Lipinski definition) is 1. The van der Waals surface area contributed by atoms with Gasteiger partial charge < -0.3 is 10.6 Å². The first kappa shape index (κ1) is 15.9. The van der Waals surface area contributed by atoms with Gasteiger partial charge in [0.1, 0.15) is 12.4 Å². The molecule has 22 heavy (non-hydrogen) atoms. The maximum absolute atomic E-state index is 12.8. The number of hydrogen-bond acceptors (Lipinski definition) is 2. The van der Waals surface area contributed by atoms with E-state index >= 15 is 0 Å². The lowest BCUT2D eigenvalue weighted by atomic mass is 10.1. The molecule has 0 aliphatic rings. The number of halogens is 3. The van der Waals surface area contributed by atoms with Crippen LogP contribution in [0.5, 0.6) is 0 Å². The summed E-state index contributed by atoms with van der Waals surface area (Å²) in [4.78, 5) is 4.95. The zero-order valence-electron chi connectivity index (χ0n) is 11.7. The molecule has 0 atom stereocenters. The third kappa shape index (κ3) is 4.51. The molecule has 0 amide bonds. The van der Waals surface area contributed by atoms with Crippen LogP contribution in [0.15, 0.2) is 59.8 Å². The van der Waals surface area contributed by atoms with E-state index in [2.05, 4.69) is 5.16 Å². The molecule has 0 saturated heterocycles. The molecular weight excluding hydrogens is 293 g/mol. The van der Waals surface area contributed by atoms with Crippen molar-refractivity contribution in [1.82, 2.24) is 0 Å². The Balaban J connectivity index is 1.98. The summed E-state index contributed by atoms with van der Waals surface area (Å²) in [5.74, 6) is 0.204. The minimum absolute atomic E-state index is 0.0197. The van der Waals surface area contributed by atoms with Crippen LogP contribution in [0.3, 0.4) is 0 Å². The average Bonchev–Trinajstić information content (AvgIpc) is 2.48. The Morgan fingerprint density at radius 3 is 2.32 bits per heavy atom. The maximum Gasteiger partial charge on any atom is 0.416 e. The summed E-state index contributed by atoms with van der Waals surface area (Å²) < 4.78 is 38.4. The Hall–Kier alpha value is -2.50. The molecule has 0 saturated carbocycles. The van der Waals surface area contributed by atoms with Gasteiger partial charge in [0.25, 0.3) is 0 Å². The van der Waals surface area contributed by atoms with E-state index in [4.69, 9.17) is 10.6 Å². The monoisotopic (exact) mass is 308 g/mol. The Morgan fingerprint density at radius 1 is 1.00 bits per heavy atom. The number of oxime groups is 1. The maximum atomic E-state index is 12.8. The highest BCUT2D eigenvalue weighted by Crippen LogP contribution is 2.32. The molecular formula is C16H15F3N2O. The molecule has 0 fully saturated rings. The molecule has 116 valence electrons. The van der Waals surface area contributed by atoms with E-state index in [1.165, 1.54) is 18.2 Å². The third-order valence-corrected chi connectivity index (χ3v) is 2.95. The molecule has 0 unspecified atom stereocenters. The van der Waals surface area contributed by atoms with Crippen LogP contribution in [0.4, 0.5) is 13.2 Å². The molecule has 2 rings (SSSR count). The summed E-state index contributed by atoms with van der Waals surface area (Å²) in [6.07, 6.45) is -4.04. The highest BCUT2D eigenvalue weighted by atomic mass is 19.4. The zero-order chi connectivity index (χ0) is 16.0. The molecule has 2 N–H and O–H groups in total. The molecule has 0 radical (unpaired) electrons. The highest BCUT2D eigenvalue weighted by molar-refractivity contribution is 5.82. The largest absolute Gasteiger partial charge is 0.416 e. The molecule has 0 bridgehead atoms. The predicted molar refractivity (Wildman–Crippen MR) is 78.0 cm³/mol. The second-order valence-corrected chi connectivity index (χ2v) is 4.67. The fraction of sp³-hybridized carbons (Fsp3) is 0.188. The fourth-order valence-corrected chi connectivity index (χ4v) is 1.94. The Labute approximate surface area is 126 Å². The lowest BCUT2D eigenvalue weighted by Gasteiger charge is -2.11. The van der Waals surface area contributed by atoms with Gasteiger partial charge in [-0.2, -0.15) is 13.2 Å². The molecule has 0 aliphatic heterocycles. The van der Waals surface area contributed by atoms with Gasteiger partial charge in [-0.25, -0.2) is 0 Å². The number of nitrogens with zero attached hydrogens (tertiary/aromatic N) is 1. The molecule has 3 nitrogen and oxygen atoms in total. The fourth-order valence-electron chi connectivity index (χ4n) is 1.94. The summed E-state index contributed by atoms with van der Waals surface area (Å²) in [7, 11) is 0. The molecule has 0 heterocycles. The summed E-state index contributed by atoms with van der Waals surface area (Å²) in [5, 5.41) is 3.66. The van der Waals surface area contributed by atoms with E-state index in [1.54, 1.807) is 0 Å². The normalized spacial score (nSPS) is 12.2. The molecule has 2 aromatic carbocycles. The van der Waals surface area contributed by atoms with Crippen molar-refractivity contribution in [3.05, 3.63) is 71.3 Å². The SMILES string of the molecule is N/C(Cc1ccccc1)=N\OCc1ccccc1C(F)(F)F. The molecule has 2 aromatic rings. The minimum atomic E-state index is -4.42. The lowest BCUT2D eigenvalue weighted by molar-refractivity contribution is -0.138. The van der Waals surface area contributed by atoms with Crippen LogP contribution in [-0.4, -0.2) is 5.84 Å². The van der Waals surface area contributed by atoms with Crippen molar-refractivity contribution in [3.63, 3.8) is 0 Å². The zero-order valence-corrected chi connectivity index (χ0v) is 11.7. The van der Waals surface area contributed by atoms with E-state index in [9.17, 15) is 13.2 Å². The van der Waals surface area contributed by atoms with Crippen LogP contribution in [0.25, 0.3) is 0 Å². The van der Waals surface area contributed by atoms with Crippen LogP contribution in [0.2, 0.25) is 0 Å². The van der Waals surface area contributed by atoms with Crippen molar-refractivity contribution in [3.8, 4) is 0 Å². The van der Waals surface area contributed by atoms with Crippen LogP contribution >= 0.6 is 0 Å². The molecule has 0 aromatic heterocycles. The van der Waals surface area contributed by atoms with E-state index in [0.717, 1.165) is 11.6 Å². The van der Waals surface area contributed by atoms with E-state index in [-0.39, 0.29) is 18.0 Å². The molecule has 0 aliphatic carbocycles. The van der Waals surface area contributed by atoms with Crippen molar-refractivity contribution >= 4 is 5.84 Å². The van der Waals surface area contributed by atoms with E-state index in [0.29, 0.717) is 6.42 Å². The smallest absolute Gasteiger partial charge is 0.389 e. The van der Waals surface area contributed by atoms with Gasteiger partial charge in [-0.15, -0.1) is 0 Å². The second kappa shape index (κ2) is 6.98. The summed E-state index contributed by atoms with van der Waals surface area (Å²) in [6.45, 7) is -0.287. The van der Waals surface area contributed by atoms with Gasteiger partial charge in [0, 0.05) is 12.0 Å². The number of benzene rings is 2. The van der Waals surface area contributed by atoms with Gasteiger partial charge in [0.15, 0.2) is 0 Å². The first-order valence-electron chi connectivity index (χ1n) is 6.60. The highest BCUT2D eigenvalue weighted by Gasteiger charge is 2.32. The van der Waals surface area contributed by atoms with Crippen LogP contribution in [0.1, 0.15) is 16.7 Å². The number of alkyl halides is 3. The van der Waals surface area contributed by atoms with Gasteiger partial charge in [-0.1, -0.05) is 53.7 Å². The van der Waals surface area contributed by atoms with Crippen LogP contribution < -0.4 is 5.73 Å². The number of nitrogens with two attached hydrogens (primary N) is 1. The Morgan fingerprint density at radius 2 is 1.64 bits per heavy atom. The van der Waals surface area contributed by atoms with Gasteiger partial charge in [-0.3, -0.25) is 0 Å². The summed E-state index contributed by atoms with van der Waals surface area (Å²) >= 11 is 0. The lowest BCUT2D eigenvalue weighted by Crippen LogP contribution is -2.16. The predicted octanol–water partition coefficient (Wildman–Crippen LogP) is 3.74. The van der Waals surface area contributed by atoms with E-state index < -0.39 is 11.7 Å². The first-order valence-corrected chi connectivity index (χ1v) is 6.60. The van der Waals surface area contributed by atoms with Crippen molar-refractivity contribution < 1.29 is 18.0 Å². The number of rotatable bonds is 5. The minimum Gasteiger partial charge on any atom is -0.389 e. The molecule has 0 spiro atoms. The second-order valence-electron chi connectivity index (χ2n) is 4.67. The van der Waals surface area contributed by atoms with Crippen molar-refractivity contribution in [2.24, 2.45) is 10.9 Å². The standard InChI is InChI=1S/C16H15F3N2O/c17-16(18,19)14-9-5-4-8-13(14)11-22-21-15(20)10-12-6-2-1-3-7-12/h1-9H,10-11H2,(H2,20,21). The quantitative estimate of drug-likeness (QED) is 0.519. The van der Waals surface area contributed by atoms with Crippen molar-refractivity contribution in [2.45, 2.75) is 19.2 Å². The molecule has 6 heteroatoms. The van der Waals surface area contributed by atoms with Crippen molar-refractivity contribution in [2.75, 3.05) is 0 Å². The Kier molecular flexibility index (Phi) is 5.04. The topological polar surface area (TPSA) is 47.6 Å².